The highest BCUT2D eigenvalue weighted by Crippen LogP contribution is 2.36. The van der Waals surface area contributed by atoms with Crippen LogP contribution < -0.4 is 27.5 Å². The van der Waals surface area contributed by atoms with E-state index in [4.69, 9.17) is 20.6 Å². The number of carbonyl (C=O) groups excluding carboxylic acids is 2. The van der Waals surface area contributed by atoms with Crippen LogP contribution in [0.2, 0.25) is 0 Å². The lowest BCUT2D eigenvalue weighted by Crippen LogP contribution is -3.00. The smallest absolute Gasteiger partial charge is 0.340 e. The third-order valence-corrected chi connectivity index (χ3v) is 4.82. The second kappa shape index (κ2) is 9.43. The number of fused-ring (bicyclic) bond motifs is 1. The van der Waals surface area contributed by atoms with Crippen molar-refractivity contribution in [2.24, 2.45) is 12.8 Å². The van der Waals surface area contributed by atoms with Gasteiger partial charge in [0.15, 0.2) is 5.17 Å². The fraction of sp³-hybridized carbons (Fsp3) is 0.312. The predicted octanol–water partition coefficient (Wildman–Crippen LogP) is 0.173. The predicted molar refractivity (Wildman–Crippen MR) is 101 cm³/mol. The molecular formula is C16H18Br2N3O4S-. The lowest BCUT2D eigenvalue weighted by molar-refractivity contribution is -0.131. The number of thioether (sulfide) groups is 1. The van der Waals surface area contributed by atoms with Crippen LogP contribution in [0.25, 0.3) is 10.9 Å². The lowest BCUT2D eigenvalue weighted by Gasteiger charge is -2.07. The van der Waals surface area contributed by atoms with Gasteiger partial charge in [-0.15, -0.1) is 0 Å². The van der Waals surface area contributed by atoms with E-state index in [1.54, 1.807) is 19.1 Å². The maximum absolute atomic E-state index is 12.5. The Bertz CT molecular complexity index is 867. The fourth-order valence-electron chi connectivity index (χ4n) is 2.47. The highest BCUT2D eigenvalue weighted by Gasteiger charge is 2.24. The molecular weight excluding hydrogens is 490 g/mol. The summed E-state index contributed by atoms with van der Waals surface area (Å²) in [6.45, 7) is 3.28. The van der Waals surface area contributed by atoms with Crippen molar-refractivity contribution in [1.29, 1.82) is 5.41 Å². The molecule has 0 amide bonds. The molecule has 142 valence electrons. The Hall–Kier alpha value is -1.52. The molecule has 0 fully saturated rings. The second-order valence-corrected chi connectivity index (χ2v) is 7.02. The zero-order valence-electron chi connectivity index (χ0n) is 14.4. The number of halogens is 2. The number of hydrogen-bond acceptors (Lipinski definition) is 6. The summed E-state index contributed by atoms with van der Waals surface area (Å²) < 4.78 is 12.8. The van der Waals surface area contributed by atoms with E-state index in [2.05, 4.69) is 15.9 Å². The number of carbonyl (C=O) groups is 2. The SMILES string of the molecule is CCOC(=O)c1c(CSC(=N)N)n(C)c2cc(Br)c(OC(C)=O)cc12.[Br-]. The van der Waals surface area contributed by atoms with Crippen LogP contribution in [0.4, 0.5) is 0 Å². The zero-order valence-corrected chi connectivity index (χ0v) is 18.4. The standard InChI is InChI=1S/C16H18BrN3O4S.BrH/c1-4-23-15(22)14-9-5-13(24-8(2)21)10(17)6-11(9)20(3)12(14)7-25-16(18)19;/h5-6H,4,7H2,1-3H3,(H3,18,19);1H/p-1. The van der Waals surface area contributed by atoms with Gasteiger partial charge in [-0.1, -0.05) is 11.8 Å². The average molecular weight is 508 g/mol. The van der Waals surface area contributed by atoms with E-state index in [-0.39, 0.29) is 28.8 Å². The summed E-state index contributed by atoms with van der Waals surface area (Å²) >= 11 is 4.50. The minimum Gasteiger partial charge on any atom is -1.00 e. The molecule has 1 aromatic heterocycles. The summed E-state index contributed by atoms with van der Waals surface area (Å²) in [4.78, 5) is 23.8. The normalized spacial score (nSPS) is 10.3. The summed E-state index contributed by atoms with van der Waals surface area (Å²) in [5.41, 5.74) is 7.26. The molecule has 1 aromatic carbocycles. The number of amidine groups is 1. The monoisotopic (exact) mass is 506 g/mol. The Labute approximate surface area is 174 Å². The molecule has 3 N–H and O–H groups in total. The number of aryl methyl sites for hydroxylation is 1. The van der Waals surface area contributed by atoms with Gasteiger partial charge in [-0.3, -0.25) is 10.2 Å². The average Bonchev–Trinajstić information content (AvgIpc) is 2.77. The van der Waals surface area contributed by atoms with Crippen molar-refractivity contribution in [2.75, 3.05) is 6.61 Å². The van der Waals surface area contributed by atoms with Gasteiger partial charge >= 0.3 is 11.9 Å². The van der Waals surface area contributed by atoms with Gasteiger partial charge in [0.1, 0.15) is 5.75 Å². The number of nitrogens with two attached hydrogens (primary N) is 1. The molecule has 26 heavy (non-hydrogen) atoms. The van der Waals surface area contributed by atoms with E-state index in [0.717, 1.165) is 17.3 Å². The number of aromatic nitrogens is 1. The number of rotatable bonds is 5. The van der Waals surface area contributed by atoms with E-state index in [0.29, 0.717) is 32.6 Å². The molecule has 0 atom stereocenters. The van der Waals surface area contributed by atoms with Crippen molar-refractivity contribution >= 4 is 55.7 Å². The minimum atomic E-state index is -0.469. The Morgan fingerprint density at radius 2 is 2.04 bits per heavy atom. The third-order valence-electron chi connectivity index (χ3n) is 3.47. The molecule has 0 radical (unpaired) electrons. The minimum absolute atomic E-state index is 0. The maximum atomic E-state index is 12.5. The Morgan fingerprint density at radius 1 is 1.38 bits per heavy atom. The topological polar surface area (TPSA) is 107 Å². The summed E-state index contributed by atoms with van der Waals surface area (Å²) in [5.74, 6) is -0.263. The van der Waals surface area contributed by atoms with Crippen molar-refractivity contribution in [2.45, 2.75) is 19.6 Å². The molecule has 10 heteroatoms. The highest BCUT2D eigenvalue weighted by molar-refractivity contribution is 9.10. The molecule has 0 bridgehead atoms. The van der Waals surface area contributed by atoms with E-state index < -0.39 is 11.9 Å². The summed E-state index contributed by atoms with van der Waals surface area (Å²) in [6.07, 6.45) is 0. The molecule has 0 aliphatic carbocycles. The van der Waals surface area contributed by atoms with Crippen LogP contribution in [-0.4, -0.2) is 28.3 Å². The molecule has 0 unspecified atom stereocenters. The van der Waals surface area contributed by atoms with Crippen LogP contribution in [0.3, 0.4) is 0 Å². The van der Waals surface area contributed by atoms with Crippen LogP contribution >= 0.6 is 27.7 Å². The Morgan fingerprint density at radius 3 is 2.58 bits per heavy atom. The van der Waals surface area contributed by atoms with Gasteiger partial charge < -0.3 is 36.8 Å². The second-order valence-electron chi connectivity index (χ2n) is 5.15. The van der Waals surface area contributed by atoms with Gasteiger partial charge in [0, 0.05) is 30.8 Å². The first kappa shape index (κ1) is 22.5. The van der Waals surface area contributed by atoms with Gasteiger partial charge in [-0.05, 0) is 35.0 Å². The van der Waals surface area contributed by atoms with Crippen molar-refractivity contribution in [1.82, 2.24) is 4.57 Å². The van der Waals surface area contributed by atoms with Crippen LogP contribution in [-0.2, 0) is 22.3 Å². The first-order valence-corrected chi connectivity index (χ1v) is 9.17. The number of nitrogens with one attached hydrogen (secondary N) is 1. The first-order chi connectivity index (χ1) is 11.8. The molecule has 2 aromatic rings. The van der Waals surface area contributed by atoms with Crippen LogP contribution in [0.1, 0.15) is 29.9 Å². The van der Waals surface area contributed by atoms with Gasteiger partial charge in [-0.2, -0.15) is 0 Å². The van der Waals surface area contributed by atoms with E-state index in [1.807, 2.05) is 11.6 Å². The van der Waals surface area contributed by atoms with Crippen LogP contribution in [0, 0.1) is 5.41 Å². The molecule has 0 saturated carbocycles. The van der Waals surface area contributed by atoms with Crippen LogP contribution in [0.5, 0.6) is 5.75 Å². The van der Waals surface area contributed by atoms with Gasteiger partial charge in [-0.25, -0.2) is 4.79 Å². The number of hydrogen-bond donors (Lipinski definition) is 2. The number of nitrogens with zero attached hydrogens (tertiary/aromatic N) is 1. The quantitative estimate of drug-likeness (QED) is 0.258. The van der Waals surface area contributed by atoms with E-state index in [9.17, 15) is 9.59 Å². The molecule has 0 saturated heterocycles. The van der Waals surface area contributed by atoms with Crippen molar-refractivity contribution in [3.63, 3.8) is 0 Å². The van der Waals surface area contributed by atoms with Crippen LogP contribution in [0.15, 0.2) is 16.6 Å². The zero-order chi connectivity index (χ0) is 18.7. The summed E-state index contributed by atoms with van der Waals surface area (Å²) in [6, 6.07) is 3.41. The maximum Gasteiger partial charge on any atom is 0.340 e. The fourth-order valence-corrected chi connectivity index (χ4v) is 3.51. The van der Waals surface area contributed by atoms with Crippen molar-refractivity contribution in [3.05, 3.63) is 27.9 Å². The number of benzene rings is 1. The largest absolute Gasteiger partial charge is 1.00 e. The highest BCUT2D eigenvalue weighted by atomic mass is 79.9. The van der Waals surface area contributed by atoms with E-state index in [1.165, 1.54) is 6.92 Å². The Balaban J connectivity index is 0.00000338. The molecule has 0 spiro atoms. The van der Waals surface area contributed by atoms with Crippen molar-refractivity contribution in [3.8, 4) is 5.75 Å². The molecule has 7 nitrogen and oxygen atoms in total. The molecule has 2 rings (SSSR count). The molecule has 1 heterocycles. The molecule has 0 aliphatic heterocycles. The third kappa shape index (κ3) is 4.80. The Kier molecular flexibility index (Phi) is 8.16. The lowest BCUT2D eigenvalue weighted by atomic mass is 10.1. The van der Waals surface area contributed by atoms with Gasteiger partial charge in [0.2, 0.25) is 0 Å². The summed E-state index contributed by atoms with van der Waals surface area (Å²) in [7, 11) is 1.82. The summed E-state index contributed by atoms with van der Waals surface area (Å²) in [5, 5.41) is 7.97. The molecule has 0 aliphatic rings. The van der Waals surface area contributed by atoms with Gasteiger partial charge in [0.05, 0.1) is 22.2 Å². The first-order valence-electron chi connectivity index (χ1n) is 7.39. The van der Waals surface area contributed by atoms with Crippen molar-refractivity contribution < 1.29 is 36.0 Å². The number of ether oxygens (including phenoxy) is 2. The number of esters is 2. The van der Waals surface area contributed by atoms with Gasteiger partial charge in [0.25, 0.3) is 0 Å². The van der Waals surface area contributed by atoms with E-state index >= 15 is 0 Å².